The Balaban J connectivity index is 0. The van der Waals surface area contributed by atoms with Crippen LogP contribution in [0.25, 0.3) is 4.24 Å². The predicted octanol–water partition coefficient (Wildman–Crippen LogP) is -0.790. The Labute approximate surface area is 133 Å². The van der Waals surface area contributed by atoms with Gasteiger partial charge in [0.1, 0.15) is 10.0 Å². The van der Waals surface area contributed by atoms with Crippen LogP contribution in [-0.4, -0.2) is 25.5 Å². The van der Waals surface area contributed by atoms with E-state index in [0.29, 0.717) is 0 Å². The van der Waals surface area contributed by atoms with Crippen LogP contribution in [0.2, 0.25) is 0 Å². The molecule has 8 heteroatoms. The van der Waals surface area contributed by atoms with Crippen molar-refractivity contribution in [3.8, 4) is 0 Å². The van der Waals surface area contributed by atoms with Crippen LogP contribution in [0.1, 0.15) is 5.56 Å². The normalized spacial score (nSPS) is 10.2. The molecule has 1 rings (SSSR count). The van der Waals surface area contributed by atoms with Gasteiger partial charge in [0.15, 0.2) is 0 Å². The van der Waals surface area contributed by atoms with Crippen LogP contribution >= 0.6 is 11.8 Å². The van der Waals surface area contributed by atoms with E-state index < -0.39 is 21.2 Å². The Kier molecular flexibility index (Phi) is 11.4. The quantitative estimate of drug-likeness (QED) is 0.531. The Morgan fingerprint density at radius 1 is 1.24 bits per heavy atom. The topological polar surface area (TPSA) is 71.3 Å². The van der Waals surface area contributed by atoms with Crippen LogP contribution in [0.15, 0.2) is 29.2 Å². The fraction of sp³-hybridized carbons (Fsp3) is 0.333. The number of hydrogen-bond donors (Lipinski definition) is 0. The summed E-state index contributed by atoms with van der Waals surface area (Å²) >= 11 is 4.29. The monoisotopic (exact) mass is 305 g/mol. The Morgan fingerprint density at radius 2 is 1.59 bits per heavy atom. The summed E-state index contributed by atoms with van der Waals surface area (Å²) in [5.41, 5.74) is 0.989. The van der Waals surface area contributed by atoms with Crippen molar-refractivity contribution in [2.24, 2.45) is 0 Å². The van der Waals surface area contributed by atoms with Crippen molar-refractivity contribution in [1.82, 2.24) is 0 Å². The molecule has 0 amide bonds. The van der Waals surface area contributed by atoms with E-state index in [1.165, 1.54) is 12.1 Å². The molecule has 0 aliphatic carbocycles. The molecule has 17 heavy (non-hydrogen) atoms. The van der Waals surface area contributed by atoms with Gasteiger partial charge in [-0.15, -0.1) is 0 Å². The molecule has 0 saturated carbocycles. The zero-order valence-electron chi connectivity index (χ0n) is 10.2. The summed E-state index contributed by atoms with van der Waals surface area (Å²) in [5, 5.41) is 0. The van der Waals surface area contributed by atoms with Crippen molar-refractivity contribution in [3.05, 3.63) is 34.1 Å². The molecule has 0 aliphatic heterocycles. The third-order valence-corrected chi connectivity index (χ3v) is 3.00. The van der Waals surface area contributed by atoms with E-state index >= 15 is 0 Å². The van der Waals surface area contributed by atoms with Crippen molar-refractivity contribution in [2.45, 2.75) is 11.8 Å². The van der Waals surface area contributed by atoms with E-state index in [9.17, 15) is 13.0 Å². The number of nitrogens with zero attached hydrogens (tertiary/aromatic N) is 1. The molecule has 0 unspecified atom stereocenters. The number of hydrogen-bond acceptors (Lipinski definition) is 3. The molecule has 1 aromatic rings. The van der Waals surface area contributed by atoms with E-state index in [1.807, 2.05) is 6.92 Å². The molecule has 0 fully saturated rings. The Bertz CT molecular complexity index is 406. The maximum atomic E-state index is 11.0. The van der Waals surface area contributed by atoms with Crippen molar-refractivity contribution >= 4 is 33.0 Å². The molecule has 0 aliphatic rings. The molecule has 92 valence electrons. The van der Waals surface area contributed by atoms with Gasteiger partial charge in [-0.3, -0.25) is 11.8 Å². The second kappa shape index (κ2) is 9.63. The minimum atomic E-state index is -3.62. The van der Waals surface area contributed by atoms with Crippen LogP contribution in [0.5, 0.6) is 0 Å². The van der Waals surface area contributed by atoms with E-state index in [4.69, 9.17) is 11.8 Å². The van der Waals surface area contributed by atoms with Crippen LogP contribution in [0.4, 0.5) is 0 Å². The van der Waals surface area contributed by atoms with Crippen LogP contribution < -0.4 is 29.6 Å². The van der Waals surface area contributed by atoms with E-state index in [-0.39, 0.29) is 34.5 Å². The zero-order chi connectivity index (χ0) is 12.8. The number of halogens is 1. The first-order valence-electron chi connectivity index (χ1n) is 4.19. The average Bonchev–Trinajstić information content (AvgIpc) is 2.17. The molecular weight excluding hydrogens is 293 g/mol. The molecule has 0 radical (unpaired) electrons. The van der Waals surface area contributed by atoms with Gasteiger partial charge in [0.05, 0.1) is 12.5 Å². The molecule has 4 nitrogen and oxygen atoms in total. The van der Waals surface area contributed by atoms with E-state index in [1.54, 1.807) is 24.6 Å². The third kappa shape index (κ3) is 9.32. The van der Waals surface area contributed by atoms with Crippen molar-refractivity contribution in [3.63, 3.8) is 0 Å². The van der Waals surface area contributed by atoms with Gasteiger partial charge in [-0.05, 0) is 19.1 Å². The molecule has 0 atom stereocenters. The minimum absolute atomic E-state index is 0. The minimum Gasteiger partial charge on any atom is -0.617 e. The molecule has 1 aromatic carbocycles. The fourth-order valence-corrected chi connectivity index (χ4v) is 1.55. The summed E-state index contributed by atoms with van der Waals surface area (Å²) < 4.78 is 34.3. The first-order chi connectivity index (χ1) is 7.29. The fourth-order valence-electron chi connectivity index (χ4n) is 0.750. The summed E-state index contributed by atoms with van der Waals surface area (Å²) in [5.74, 6) is 0. The Hall–Kier alpha value is 0.730. The summed E-state index contributed by atoms with van der Waals surface area (Å²) in [6.45, 7) is 1.87. The molecule has 0 N–H and O–H groups in total. The van der Waals surface area contributed by atoms with Crippen LogP contribution in [-0.2, 0) is 21.2 Å². The SMILES string of the molecule is C[S+](C)[O-].Cc1ccc(S(=O)(=O)[N-]Cl)cc1.[Na+]. The van der Waals surface area contributed by atoms with E-state index in [2.05, 4.69) is 4.24 Å². The van der Waals surface area contributed by atoms with Gasteiger partial charge in [0.25, 0.3) is 0 Å². The summed E-state index contributed by atoms with van der Waals surface area (Å²) in [6, 6.07) is 6.32. The molecule has 0 saturated heterocycles. The smallest absolute Gasteiger partial charge is 0.617 e. The molecule has 0 aromatic heterocycles. The van der Waals surface area contributed by atoms with Gasteiger partial charge < -0.3 is 8.79 Å². The molecule has 0 spiro atoms. The van der Waals surface area contributed by atoms with Crippen molar-refractivity contribution < 1.29 is 42.5 Å². The maximum absolute atomic E-state index is 11.0. The zero-order valence-corrected chi connectivity index (χ0v) is 14.6. The largest absolute Gasteiger partial charge is 1.00 e. The van der Waals surface area contributed by atoms with Gasteiger partial charge in [-0.2, -0.15) is 0 Å². The van der Waals surface area contributed by atoms with Crippen molar-refractivity contribution in [2.75, 3.05) is 12.5 Å². The average molecular weight is 306 g/mol. The third-order valence-electron chi connectivity index (χ3n) is 1.41. The number of sulfonamides is 1. The first kappa shape index (κ1) is 20.1. The number of benzene rings is 1. The van der Waals surface area contributed by atoms with Gasteiger partial charge in [-0.25, -0.2) is 8.42 Å². The van der Waals surface area contributed by atoms with Gasteiger partial charge in [0, 0.05) is 4.90 Å². The van der Waals surface area contributed by atoms with Gasteiger partial charge >= 0.3 is 29.6 Å². The molecular formula is C9H13ClNNaO3S2. The van der Waals surface area contributed by atoms with Gasteiger partial charge in [0.2, 0.25) is 0 Å². The number of rotatable bonds is 2. The molecule has 0 bridgehead atoms. The van der Waals surface area contributed by atoms with Crippen LogP contribution in [0.3, 0.4) is 0 Å². The van der Waals surface area contributed by atoms with Crippen molar-refractivity contribution in [1.29, 1.82) is 0 Å². The summed E-state index contributed by atoms with van der Waals surface area (Å²) in [6.07, 6.45) is 3.28. The first-order valence-corrected chi connectivity index (χ1v) is 7.94. The van der Waals surface area contributed by atoms with E-state index in [0.717, 1.165) is 5.56 Å². The number of aryl methyl sites for hydroxylation is 1. The Morgan fingerprint density at radius 3 is 1.88 bits per heavy atom. The van der Waals surface area contributed by atoms with Crippen LogP contribution in [0, 0.1) is 6.92 Å². The summed E-state index contributed by atoms with van der Waals surface area (Å²) in [4.78, 5) is 0.114. The predicted molar refractivity (Wildman–Crippen MR) is 67.6 cm³/mol. The summed E-state index contributed by atoms with van der Waals surface area (Å²) in [7, 11) is -3.62. The maximum Gasteiger partial charge on any atom is 1.00 e. The second-order valence-corrected chi connectivity index (χ2v) is 6.56. The molecule has 0 heterocycles. The second-order valence-electron chi connectivity index (χ2n) is 3.10. The standard InChI is InChI=1S/C7H7ClNO2S.C2H6OS.Na/c1-6-2-4-7(5-3-6)12(10,11)9-8;1-4(2)3;/h2-5H,1H3;1-2H3;/q-1;;+1. The van der Waals surface area contributed by atoms with Gasteiger partial charge in [-0.1, -0.05) is 28.9 Å².